The number of hydrogen-bond acceptors (Lipinski definition) is 5. The van der Waals surface area contributed by atoms with Crippen LogP contribution in [0, 0.1) is 6.92 Å². The number of carbonyl (C=O) groups is 1. The number of ether oxygens (including phenoxy) is 3. The largest absolute Gasteiger partial charge is 0.493 e. The summed E-state index contributed by atoms with van der Waals surface area (Å²) in [6.07, 6.45) is 0. The third kappa shape index (κ3) is 5.17. The SMILES string of the molecule is COc1ccc(NC(=O)COc2ccc(C)cc2)cc1OCCO. The lowest BCUT2D eigenvalue weighted by atomic mass is 10.2. The summed E-state index contributed by atoms with van der Waals surface area (Å²) < 4.78 is 16.0. The number of aryl methyl sites for hydroxylation is 1. The third-order valence-corrected chi connectivity index (χ3v) is 3.19. The molecule has 128 valence electrons. The van der Waals surface area contributed by atoms with Crippen molar-refractivity contribution in [2.45, 2.75) is 6.92 Å². The van der Waals surface area contributed by atoms with Crippen molar-refractivity contribution in [2.75, 3.05) is 32.2 Å². The Hall–Kier alpha value is -2.73. The molecule has 0 atom stereocenters. The third-order valence-electron chi connectivity index (χ3n) is 3.19. The highest BCUT2D eigenvalue weighted by molar-refractivity contribution is 5.92. The number of hydrogen-bond donors (Lipinski definition) is 2. The van der Waals surface area contributed by atoms with Gasteiger partial charge in [0.2, 0.25) is 0 Å². The van der Waals surface area contributed by atoms with Gasteiger partial charge in [-0.1, -0.05) is 17.7 Å². The fourth-order valence-corrected chi connectivity index (χ4v) is 2.00. The van der Waals surface area contributed by atoms with Crippen LogP contribution in [-0.2, 0) is 4.79 Å². The molecule has 0 aliphatic rings. The number of nitrogens with one attached hydrogen (secondary N) is 1. The maximum atomic E-state index is 12.0. The van der Waals surface area contributed by atoms with Crippen LogP contribution in [0.4, 0.5) is 5.69 Å². The number of aliphatic hydroxyl groups is 1. The van der Waals surface area contributed by atoms with E-state index < -0.39 is 0 Å². The monoisotopic (exact) mass is 331 g/mol. The van der Waals surface area contributed by atoms with Crippen molar-refractivity contribution in [1.29, 1.82) is 0 Å². The molecule has 24 heavy (non-hydrogen) atoms. The van der Waals surface area contributed by atoms with Crippen molar-refractivity contribution < 1.29 is 24.1 Å². The molecule has 0 aromatic heterocycles. The minimum Gasteiger partial charge on any atom is -0.493 e. The summed E-state index contributed by atoms with van der Waals surface area (Å²) in [4.78, 5) is 12.0. The molecule has 2 aromatic rings. The second kappa shape index (κ2) is 8.79. The number of rotatable bonds is 8. The van der Waals surface area contributed by atoms with Gasteiger partial charge in [-0.15, -0.1) is 0 Å². The smallest absolute Gasteiger partial charge is 0.262 e. The van der Waals surface area contributed by atoms with E-state index in [-0.39, 0.29) is 25.7 Å². The number of methoxy groups -OCH3 is 1. The van der Waals surface area contributed by atoms with E-state index in [2.05, 4.69) is 5.32 Å². The molecule has 2 rings (SSSR count). The Morgan fingerprint density at radius 2 is 1.83 bits per heavy atom. The van der Waals surface area contributed by atoms with E-state index in [0.717, 1.165) is 5.56 Å². The molecule has 6 nitrogen and oxygen atoms in total. The van der Waals surface area contributed by atoms with E-state index in [1.807, 2.05) is 31.2 Å². The van der Waals surface area contributed by atoms with Gasteiger partial charge in [-0.2, -0.15) is 0 Å². The van der Waals surface area contributed by atoms with Gasteiger partial charge in [0.25, 0.3) is 5.91 Å². The fraction of sp³-hybridized carbons (Fsp3) is 0.278. The van der Waals surface area contributed by atoms with E-state index in [4.69, 9.17) is 19.3 Å². The average Bonchev–Trinajstić information content (AvgIpc) is 2.59. The minimum absolute atomic E-state index is 0.0953. The fourth-order valence-electron chi connectivity index (χ4n) is 2.00. The molecule has 2 aromatic carbocycles. The number of anilines is 1. The van der Waals surface area contributed by atoms with Gasteiger partial charge in [0.15, 0.2) is 18.1 Å². The zero-order chi connectivity index (χ0) is 17.4. The van der Waals surface area contributed by atoms with Gasteiger partial charge in [-0.3, -0.25) is 4.79 Å². The van der Waals surface area contributed by atoms with Gasteiger partial charge in [-0.05, 0) is 31.2 Å². The molecular formula is C18H21NO5. The first-order valence-electron chi connectivity index (χ1n) is 7.53. The predicted octanol–water partition coefficient (Wildman–Crippen LogP) is 2.39. The van der Waals surface area contributed by atoms with E-state index >= 15 is 0 Å². The van der Waals surface area contributed by atoms with Gasteiger partial charge < -0.3 is 24.6 Å². The lowest BCUT2D eigenvalue weighted by Crippen LogP contribution is -2.20. The Labute approximate surface area is 141 Å². The summed E-state index contributed by atoms with van der Waals surface area (Å²) in [6, 6.07) is 12.5. The Bertz CT molecular complexity index is 670. The summed E-state index contributed by atoms with van der Waals surface area (Å²) in [6.45, 7) is 1.92. The average molecular weight is 331 g/mol. The van der Waals surface area contributed by atoms with Crippen LogP contribution in [0.5, 0.6) is 17.2 Å². The highest BCUT2D eigenvalue weighted by atomic mass is 16.5. The van der Waals surface area contributed by atoms with Crippen LogP contribution in [0.25, 0.3) is 0 Å². The molecule has 2 N–H and O–H groups in total. The molecule has 0 spiro atoms. The van der Waals surface area contributed by atoms with Crippen molar-refractivity contribution in [3.8, 4) is 17.2 Å². The number of carbonyl (C=O) groups excluding carboxylic acids is 1. The zero-order valence-electron chi connectivity index (χ0n) is 13.7. The maximum Gasteiger partial charge on any atom is 0.262 e. The summed E-state index contributed by atoms with van der Waals surface area (Å²) in [5, 5.41) is 11.6. The Morgan fingerprint density at radius 3 is 2.50 bits per heavy atom. The lowest BCUT2D eigenvalue weighted by Gasteiger charge is -2.12. The number of aliphatic hydroxyl groups excluding tert-OH is 1. The molecular weight excluding hydrogens is 310 g/mol. The minimum atomic E-state index is -0.283. The quantitative estimate of drug-likeness (QED) is 0.777. The summed E-state index contributed by atoms with van der Waals surface area (Å²) in [5.41, 5.74) is 1.68. The van der Waals surface area contributed by atoms with E-state index in [9.17, 15) is 4.79 Å². The number of benzene rings is 2. The molecule has 0 aliphatic carbocycles. The van der Waals surface area contributed by atoms with Crippen molar-refractivity contribution >= 4 is 11.6 Å². The van der Waals surface area contributed by atoms with Crippen molar-refractivity contribution in [3.05, 3.63) is 48.0 Å². The second-order valence-electron chi connectivity index (χ2n) is 5.09. The molecule has 0 unspecified atom stereocenters. The maximum absolute atomic E-state index is 12.0. The highest BCUT2D eigenvalue weighted by Gasteiger charge is 2.09. The first kappa shape index (κ1) is 17.6. The van der Waals surface area contributed by atoms with Gasteiger partial charge in [0.1, 0.15) is 12.4 Å². The van der Waals surface area contributed by atoms with Crippen LogP contribution >= 0.6 is 0 Å². The van der Waals surface area contributed by atoms with E-state index in [0.29, 0.717) is 22.9 Å². The molecule has 0 saturated heterocycles. The predicted molar refractivity (Wildman–Crippen MR) is 90.9 cm³/mol. The van der Waals surface area contributed by atoms with Crippen LogP contribution in [0.2, 0.25) is 0 Å². The molecule has 0 heterocycles. The van der Waals surface area contributed by atoms with Gasteiger partial charge in [-0.25, -0.2) is 0 Å². The first-order valence-corrected chi connectivity index (χ1v) is 7.53. The number of amides is 1. The van der Waals surface area contributed by atoms with Crippen LogP contribution in [0.15, 0.2) is 42.5 Å². The molecule has 0 fully saturated rings. The van der Waals surface area contributed by atoms with Gasteiger partial charge >= 0.3 is 0 Å². The summed E-state index contributed by atoms with van der Waals surface area (Å²) >= 11 is 0. The molecule has 1 amide bonds. The van der Waals surface area contributed by atoms with Gasteiger partial charge in [0.05, 0.1) is 13.7 Å². The van der Waals surface area contributed by atoms with Crippen molar-refractivity contribution in [1.82, 2.24) is 0 Å². The Morgan fingerprint density at radius 1 is 1.08 bits per heavy atom. The van der Waals surface area contributed by atoms with Crippen molar-refractivity contribution in [2.24, 2.45) is 0 Å². The topological polar surface area (TPSA) is 77.0 Å². The van der Waals surface area contributed by atoms with Crippen LogP contribution in [-0.4, -0.2) is 37.9 Å². The normalized spacial score (nSPS) is 10.1. The van der Waals surface area contributed by atoms with E-state index in [1.54, 1.807) is 18.2 Å². The second-order valence-corrected chi connectivity index (χ2v) is 5.09. The van der Waals surface area contributed by atoms with Crippen molar-refractivity contribution in [3.63, 3.8) is 0 Å². The van der Waals surface area contributed by atoms with Crippen LogP contribution < -0.4 is 19.5 Å². The Kier molecular flexibility index (Phi) is 6.45. The molecule has 0 radical (unpaired) electrons. The summed E-state index contributed by atoms with van der Waals surface area (Å²) in [7, 11) is 1.52. The van der Waals surface area contributed by atoms with Crippen LogP contribution in [0.1, 0.15) is 5.56 Å². The van der Waals surface area contributed by atoms with Gasteiger partial charge in [0, 0.05) is 11.8 Å². The highest BCUT2D eigenvalue weighted by Crippen LogP contribution is 2.30. The molecule has 6 heteroatoms. The molecule has 0 aliphatic heterocycles. The molecule has 0 bridgehead atoms. The zero-order valence-corrected chi connectivity index (χ0v) is 13.7. The lowest BCUT2D eigenvalue weighted by molar-refractivity contribution is -0.118. The first-order chi connectivity index (χ1) is 11.6. The molecule has 0 saturated carbocycles. The standard InChI is InChI=1S/C18H21NO5/c1-13-3-6-15(7-4-13)24-12-18(21)19-14-5-8-16(22-2)17(11-14)23-10-9-20/h3-8,11,20H,9-10,12H2,1-2H3,(H,19,21). The Balaban J connectivity index is 1.94. The van der Waals surface area contributed by atoms with Crippen LogP contribution in [0.3, 0.4) is 0 Å². The van der Waals surface area contributed by atoms with E-state index in [1.165, 1.54) is 7.11 Å². The summed E-state index contributed by atoms with van der Waals surface area (Å²) in [5.74, 6) is 1.33.